The summed E-state index contributed by atoms with van der Waals surface area (Å²) in [5, 5.41) is 11.5. The highest BCUT2D eigenvalue weighted by molar-refractivity contribution is 5.99. The number of pyridine rings is 1. The van der Waals surface area contributed by atoms with Crippen molar-refractivity contribution in [3.8, 4) is 39.5 Å². The number of rotatable bonds is 3. The number of hydrogen-bond acceptors (Lipinski definition) is 4. The number of aromatic hydroxyl groups is 1. The molecule has 0 saturated carbocycles. The van der Waals surface area contributed by atoms with Crippen molar-refractivity contribution < 1.29 is 9.52 Å². The van der Waals surface area contributed by atoms with Crippen LogP contribution in [0, 0.1) is 13.8 Å². The molecule has 0 unspecified atom stereocenters. The summed E-state index contributed by atoms with van der Waals surface area (Å²) in [5.41, 5.74) is 11.0. The molecule has 6 aromatic rings. The molecule has 0 aliphatic rings. The van der Waals surface area contributed by atoms with Gasteiger partial charge in [-0.15, -0.1) is 0 Å². The van der Waals surface area contributed by atoms with Gasteiger partial charge >= 0.3 is 0 Å². The molecule has 0 spiro atoms. The summed E-state index contributed by atoms with van der Waals surface area (Å²) in [5.74, 6) is 0.550. The molecular formula is C34H30N2O2. The molecule has 4 aromatic carbocycles. The molecule has 1 N–H and O–H groups in total. The summed E-state index contributed by atoms with van der Waals surface area (Å²) in [6.07, 6.45) is 1.93. The van der Waals surface area contributed by atoms with Crippen LogP contribution >= 0.6 is 0 Å². The first kappa shape index (κ1) is 23.9. The Morgan fingerprint density at radius 2 is 1.42 bits per heavy atom. The molecule has 4 nitrogen and oxygen atoms in total. The average Bonchev–Trinajstić information content (AvgIpc) is 3.31. The average molecular weight is 499 g/mol. The zero-order valence-electron chi connectivity index (χ0n) is 22.3. The van der Waals surface area contributed by atoms with Crippen LogP contribution in [0.15, 0.2) is 89.5 Å². The lowest BCUT2D eigenvalue weighted by Crippen LogP contribution is -2.12. The second-order valence-corrected chi connectivity index (χ2v) is 11.1. The summed E-state index contributed by atoms with van der Waals surface area (Å²) >= 11 is 0. The van der Waals surface area contributed by atoms with Crippen LogP contribution in [0.25, 0.3) is 55.7 Å². The number of phenolic OH excluding ortho intramolecular Hbond substituents is 1. The summed E-state index contributed by atoms with van der Waals surface area (Å²) < 4.78 is 6.08. The zero-order chi connectivity index (χ0) is 26.6. The maximum Gasteiger partial charge on any atom is 0.231 e. The van der Waals surface area contributed by atoms with E-state index in [4.69, 9.17) is 14.4 Å². The Labute approximate surface area is 222 Å². The van der Waals surface area contributed by atoms with Gasteiger partial charge in [0.15, 0.2) is 5.58 Å². The summed E-state index contributed by atoms with van der Waals surface area (Å²) in [7, 11) is 0. The van der Waals surface area contributed by atoms with E-state index < -0.39 is 0 Å². The molecule has 0 amide bonds. The maximum absolute atomic E-state index is 10.3. The molecule has 0 aliphatic carbocycles. The molecule has 0 fully saturated rings. The van der Waals surface area contributed by atoms with Gasteiger partial charge in [0.2, 0.25) is 5.89 Å². The fourth-order valence-electron chi connectivity index (χ4n) is 5.32. The zero-order valence-corrected chi connectivity index (χ0v) is 22.3. The predicted octanol–water partition coefficient (Wildman–Crippen LogP) is 9.00. The molecule has 4 heteroatoms. The number of nitrogens with zero attached hydrogens (tertiary/aromatic N) is 2. The predicted molar refractivity (Wildman–Crippen MR) is 155 cm³/mol. The fourth-order valence-corrected chi connectivity index (χ4v) is 5.32. The van der Waals surface area contributed by atoms with E-state index in [1.807, 2.05) is 30.5 Å². The smallest absolute Gasteiger partial charge is 0.231 e. The van der Waals surface area contributed by atoms with Gasteiger partial charge in [0.25, 0.3) is 0 Å². The van der Waals surface area contributed by atoms with Crippen LogP contribution in [0.3, 0.4) is 0 Å². The third-order valence-corrected chi connectivity index (χ3v) is 7.05. The van der Waals surface area contributed by atoms with E-state index in [0.29, 0.717) is 17.0 Å². The van der Waals surface area contributed by atoms with Gasteiger partial charge in [0, 0.05) is 22.7 Å². The second kappa shape index (κ2) is 8.84. The minimum Gasteiger partial charge on any atom is -0.507 e. The molecule has 0 radical (unpaired) electrons. The maximum atomic E-state index is 10.3. The van der Waals surface area contributed by atoms with E-state index in [0.717, 1.165) is 38.9 Å². The Bertz CT molecular complexity index is 1840. The highest BCUT2D eigenvalue weighted by Crippen LogP contribution is 2.39. The van der Waals surface area contributed by atoms with Crippen LogP contribution in [0.1, 0.15) is 37.5 Å². The molecule has 0 saturated heterocycles. The summed E-state index contributed by atoms with van der Waals surface area (Å²) in [6.45, 7) is 11.0. The molecule has 2 heterocycles. The van der Waals surface area contributed by atoms with Crippen molar-refractivity contribution in [3.05, 3.63) is 102 Å². The van der Waals surface area contributed by atoms with Gasteiger partial charge in [-0.1, -0.05) is 57.2 Å². The number of phenols is 1. The van der Waals surface area contributed by atoms with Crippen LogP contribution < -0.4 is 0 Å². The van der Waals surface area contributed by atoms with Crippen molar-refractivity contribution in [1.82, 2.24) is 9.97 Å². The van der Waals surface area contributed by atoms with Gasteiger partial charge in [-0.3, -0.25) is 4.98 Å². The lowest BCUT2D eigenvalue weighted by Gasteiger charge is -2.22. The van der Waals surface area contributed by atoms with Crippen molar-refractivity contribution >= 4 is 22.0 Å². The van der Waals surface area contributed by atoms with Crippen LogP contribution in [-0.2, 0) is 5.41 Å². The van der Waals surface area contributed by atoms with E-state index >= 15 is 0 Å². The Balaban J connectivity index is 1.55. The Morgan fingerprint density at radius 3 is 2.18 bits per heavy atom. The van der Waals surface area contributed by atoms with Gasteiger partial charge in [-0.2, -0.15) is 0 Å². The standard InChI is InChI=1S/C34H30N2O2/c1-20-15-22(24-10-8-12-30-32(24)36-33(38-30)25-9-6-7-11-29(25)37)19-23(16-20)26-17-21(2)18-27-28(34(3,4)5)13-14-35-31(26)27/h6-19,37H,1-5H3. The molecule has 2 aromatic heterocycles. The number of aryl methyl sites for hydroxylation is 2. The van der Waals surface area contributed by atoms with E-state index in [1.165, 1.54) is 16.5 Å². The first-order valence-electron chi connectivity index (χ1n) is 12.9. The second-order valence-electron chi connectivity index (χ2n) is 11.1. The van der Waals surface area contributed by atoms with Crippen LogP contribution in [-0.4, -0.2) is 15.1 Å². The van der Waals surface area contributed by atoms with Gasteiger partial charge in [0.1, 0.15) is 11.3 Å². The summed E-state index contributed by atoms with van der Waals surface area (Å²) in [6, 6.07) is 26.3. The van der Waals surface area contributed by atoms with Crippen LogP contribution in [0.2, 0.25) is 0 Å². The number of hydrogen-bond donors (Lipinski definition) is 1. The molecule has 0 bridgehead atoms. The normalized spacial score (nSPS) is 11.9. The quantitative estimate of drug-likeness (QED) is 0.264. The topological polar surface area (TPSA) is 59.2 Å². The van der Waals surface area contributed by atoms with Crippen LogP contribution in [0.4, 0.5) is 0 Å². The van der Waals surface area contributed by atoms with Gasteiger partial charge < -0.3 is 9.52 Å². The monoisotopic (exact) mass is 498 g/mol. The van der Waals surface area contributed by atoms with E-state index in [2.05, 4.69) is 77.1 Å². The molecular weight excluding hydrogens is 468 g/mol. The number of para-hydroxylation sites is 2. The minimum atomic E-state index is 0.0114. The van der Waals surface area contributed by atoms with E-state index in [1.54, 1.807) is 12.1 Å². The van der Waals surface area contributed by atoms with Crippen molar-refractivity contribution in [1.29, 1.82) is 0 Å². The first-order valence-corrected chi connectivity index (χ1v) is 12.9. The first-order chi connectivity index (χ1) is 18.2. The third-order valence-electron chi connectivity index (χ3n) is 7.05. The fraction of sp³-hybridized carbons (Fsp3) is 0.176. The molecule has 38 heavy (non-hydrogen) atoms. The number of oxazole rings is 1. The highest BCUT2D eigenvalue weighted by Gasteiger charge is 2.20. The number of benzene rings is 4. The van der Waals surface area contributed by atoms with Crippen LogP contribution in [0.5, 0.6) is 5.75 Å². The van der Waals surface area contributed by atoms with E-state index in [9.17, 15) is 5.11 Å². The number of fused-ring (bicyclic) bond motifs is 2. The molecule has 0 atom stereocenters. The van der Waals surface area contributed by atoms with Crippen molar-refractivity contribution in [3.63, 3.8) is 0 Å². The Hall–Kier alpha value is -4.44. The van der Waals surface area contributed by atoms with Gasteiger partial charge in [0.05, 0.1) is 11.1 Å². The minimum absolute atomic E-state index is 0.0114. The molecule has 0 aliphatic heterocycles. The van der Waals surface area contributed by atoms with Gasteiger partial charge in [-0.05, 0) is 89.5 Å². The van der Waals surface area contributed by atoms with Crippen molar-refractivity contribution in [2.45, 2.75) is 40.0 Å². The molecule has 188 valence electrons. The Kier molecular flexibility index (Phi) is 5.57. The van der Waals surface area contributed by atoms with Gasteiger partial charge in [-0.25, -0.2) is 4.98 Å². The number of aromatic nitrogens is 2. The molecule has 6 rings (SSSR count). The largest absolute Gasteiger partial charge is 0.507 e. The van der Waals surface area contributed by atoms with Crippen molar-refractivity contribution in [2.75, 3.05) is 0 Å². The lowest BCUT2D eigenvalue weighted by molar-refractivity contribution is 0.474. The highest BCUT2D eigenvalue weighted by atomic mass is 16.3. The lowest BCUT2D eigenvalue weighted by atomic mass is 9.83. The SMILES string of the molecule is Cc1cc(-c2cccc3oc(-c4ccccc4O)nc23)cc(-c2cc(C)cc3c(C(C)(C)C)ccnc23)c1. The Morgan fingerprint density at radius 1 is 0.711 bits per heavy atom. The summed E-state index contributed by atoms with van der Waals surface area (Å²) in [4.78, 5) is 9.66. The van der Waals surface area contributed by atoms with Crippen molar-refractivity contribution in [2.24, 2.45) is 0 Å². The van der Waals surface area contributed by atoms with E-state index in [-0.39, 0.29) is 11.2 Å². The third kappa shape index (κ3) is 4.12.